The Morgan fingerprint density at radius 1 is 1.23 bits per heavy atom. The second-order valence-corrected chi connectivity index (χ2v) is 11.7. The summed E-state index contributed by atoms with van der Waals surface area (Å²) < 4.78 is 8.90. The number of halogens is 1. The Kier molecular flexibility index (Phi) is 11.8. The number of carboxylic acids is 1. The fraction of sp³-hybridized carbons (Fsp3) is 0.484. The number of carboxylic acid groups (broad SMARTS) is 1. The molecule has 0 saturated carbocycles. The number of aryl methyl sites for hydroxylation is 1. The number of benzene rings is 1. The van der Waals surface area contributed by atoms with Gasteiger partial charge in [0.05, 0.1) is 41.1 Å². The standard InChI is InChI=1S/C25H28BrN3O3.C4H10O.C2H6/c1-4-12-32-25(3)8-10-28(11-9-25)24-20(14-23(30)31)17(2)16-29-22(24)15-21(27-29)18-6-5-7-19(26)13-18;1-4(2,3)5;1-2/h4-7,13,15-16H,1,8-12,14H2,2-3H3,(H,30,31);5H,1-3H3;1-2H3. The van der Waals surface area contributed by atoms with Crippen molar-refractivity contribution >= 4 is 33.1 Å². The third-order valence-corrected chi connectivity index (χ3v) is 6.68. The number of rotatable bonds is 7. The van der Waals surface area contributed by atoms with Gasteiger partial charge in [0.15, 0.2) is 0 Å². The van der Waals surface area contributed by atoms with Crippen molar-refractivity contribution in [3.63, 3.8) is 0 Å². The number of pyridine rings is 1. The van der Waals surface area contributed by atoms with E-state index < -0.39 is 11.6 Å². The molecule has 7 nitrogen and oxygen atoms in total. The average Bonchev–Trinajstić information content (AvgIpc) is 3.28. The van der Waals surface area contributed by atoms with Crippen molar-refractivity contribution in [2.45, 2.75) is 78.9 Å². The van der Waals surface area contributed by atoms with Crippen LogP contribution in [0.1, 0.15) is 65.5 Å². The van der Waals surface area contributed by atoms with Gasteiger partial charge in [-0.05, 0) is 76.8 Å². The molecule has 2 aromatic heterocycles. The highest BCUT2D eigenvalue weighted by molar-refractivity contribution is 9.10. The fourth-order valence-electron chi connectivity index (χ4n) is 4.40. The number of hydrogen-bond acceptors (Lipinski definition) is 5. The van der Waals surface area contributed by atoms with Crippen LogP contribution < -0.4 is 4.90 Å². The summed E-state index contributed by atoms with van der Waals surface area (Å²) in [6.45, 7) is 19.2. The van der Waals surface area contributed by atoms with Crippen LogP contribution in [0.3, 0.4) is 0 Å². The van der Waals surface area contributed by atoms with Crippen molar-refractivity contribution in [2.75, 3.05) is 24.6 Å². The number of ether oxygens (including phenoxy) is 1. The fourth-order valence-corrected chi connectivity index (χ4v) is 4.80. The first-order chi connectivity index (χ1) is 18.3. The number of piperidine rings is 1. The van der Waals surface area contributed by atoms with Gasteiger partial charge >= 0.3 is 5.97 Å². The van der Waals surface area contributed by atoms with Crippen molar-refractivity contribution in [3.8, 4) is 11.3 Å². The van der Waals surface area contributed by atoms with Crippen LogP contribution in [0.2, 0.25) is 0 Å². The summed E-state index contributed by atoms with van der Waals surface area (Å²) in [4.78, 5) is 14.0. The first-order valence-electron chi connectivity index (χ1n) is 13.5. The quantitative estimate of drug-likeness (QED) is 0.282. The van der Waals surface area contributed by atoms with E-state index in [0.29, 0.717) is 6.61 Å². The highest BCUT2D eigenvalue weighted by Crippen LogP contribution is 2.37. The summed E-state index contributed by atoms with van der Waals surface area (Å²) in [5.41, 5.74) is 4.84. The minimum atomic E-state index is -0.832. The van der Waals surface area contributed by atoms with Gasteiger partial charge < -0.3 is 19.8 Å². The van der Waals surface area contributed by atoms with E-state index in [1.54, 1.807) is 26.8 Å². The molecule has 214 valence electrons. The van der Waals surface area contributed by atoms with Gasteiger partial charge in [-0.2, -0.15) is 5.10 Å². The molecule has 1 aliphatic rings. The molecule has 0 atom stereocenters. The zero-order chi connectivity index (χ0) is 29.4. The van der Waals surface area contributed by atoms with Gasteiger partial charge in [-0.3, -0.25) is 4.79 Å². The van der Waals surface area contributed by atoms with Crippen LogP contribution in [0, 0.1) is 6.92 Å². The summed E-state index contributed by atoms with van der Waals surface area (Å²) >= 11 is 3.53. The number of aliphatic carboxylic acids is 1. The van der Waals surface area contributed by atoms with Gasteiger partial charge in [0, 0.05) is 29.3 Å². The Morgan fingerprint density at radius 2 is 1.85 bits per heavy atom. The van der Waals surface area contributed by atoms with E-state index in [1.165, 1.54) is 0 Å². The van der Waals surface area contributed by atoms with Crippen LogP contribution in [0.15, 0.2) is 53.7 Å². The zero-order valence-corrected chi connectivity index (χ0v) is 26.0. The maximum absolute atomic E-state index is 11.7. The second-order valence-electron chi connectivity index (χ2n) is 10.8. The van der Waals surface area contributed by atoms with Crippen LogP contribution in [-0.4, -0.2) is 56.7 Å². The van der Waals surface area contributed by atoms with Crippen LogP contribution in [0.4, 0.5) is 5.69 Å². The molecule has 4 rings (SSSR count). The predicted octanol–water partition coefficient (Wildman–Crippen LogP) is 7.06. The molecule has 0 bridgehead atoms. The van der Waals surface area contributed by atoms with Crippen molar-refractivity contribution < 1.29 is 19.7 Å². The minimum Gasteiger partial charge on any atom is -0.481 e. The highest BCUT2D eigenvalue weighted by Gasteiger charge is 2.33. The number of nitrogens with zero attached hydrogens (tertiary/aromatic N) is 3. The minimum absolute atomic E-state index is 0.0181. The lowest BCUT2D eigenvalue weighted by Gasteiger charge is -2.41. The number of fused-ring (bicyclic) bond motifs is 1. The summed E-state index contributed by atoms with van der Waals surface area (Å²) in [5.74, 6) is -0.832. The zero-order valence-electron chi connectivity index (χ0n) is 24.4. The molecule has 1 aliphatic heterocycles. The maximum atomic E-state index is 11.7. The van der Waals surface area contributed by atoms with E-state index in [2.05, 4.69) is 40.4 Å². The van der Waals surface area contributed by atoms with Gasteiger partial charge in [-0.25, -0.2) is 4.52 Å². The van der Waals surface area contributed by atoms with Gasteiger partial charge in [0.25, 0.3) is 0 Å². The van der Waals surface area contributed by atoms with E-state index in [0.717, 1.165) is 64.0 Å². The Labute approximate surface area is 241 Å². The first kappa shape index (κ1) is 32.5. The third kappa shape index (κ3) is 9.48. The molecular weight excluding hydrogens is 558 g/mol. The van der Waals surface area contributed by atoms with Gasteiger partial charge in [0.1, 0.15) is 0 Å². The molecule has 0 radical (unpaired) electrons. The van der Waals surface area contributed by atoms with E-state index in [9.17, 15) is 9.90 Å². The van der Waals surface area contributed by atoms with Gasteiger partial charge in [-0.15, -0.1) is 6.58 Å². The molecule has 1 aromatic carbocycles. The Bertz CT molecular complexity index is 1250. The van der Waals surface area contributed by atoms with Crippen LogP contribution >= 0.6 is 15.9 Å². The predicted molar refractivity (Wildman–Crippen MR) is 164 cm³/mol. The van der Waals surface area contributed by atoms with E-state index >= 15 is 0 Å². The average molecular weight is 603 g/mol. The Morgan fingerprint density at radius 3 is 2.38 bits per heavy atom. The Hall–Kier alpha value is -2.68. The molecule has 2 N–H and O–H groups in total. The number of aliphatic hydroxyl groups is 1. The number of carbonyl (C=O) groups is 1. The molecule has 3 aromatic rings. The van der Waals surface area contributed by atoms with Crippen molar-refractivity contribution in [1.82, 2.24) is 9.61 Å². The molecule has 0 spiro atoms. The number of aromatic nitrogens is 2. The van der Waals surface area contributed by atoms with Gasteiger partial charge in [0.2, 0.25) is 0 Å². The number of anilines is 1. The van der Waals surface area contributed by atoms with Crippen LogP contribution in [0.25, 0.3) is 16.8 Å². The topological polar surface area (TPSA) is 87.3 Å². The Balaban J connectivity index is 0.000000686. The lowest BCUT2D eigenvalue weighted by molar-refractivity contribution is -0.136. The maximum Gasteiger partial charge on any atom is 0.307 e. The SMILES string of the molecule is C=CCOC1(C)CCN(c2c(CC(=O)O)c(C)cn3nc(-c4cccc(Br)c4)cc23)CC1.CC.CC(C)(C)O. The van der Waals surface area contributed by atoms with Crippen LogP contribution in [-0.2, 0) is 16.0 Å². The van der Waals surface area contributed by atoms with E-state index in [4.69, 9.17) is 14.9 Å². The third-order valence-electron chi connectivity index (χ3n) is 6.19. The highest BCUT2D eigenvalue weighted by atomic mass is 79.9. The number of hydrogen-bond donors (Lipinski definition) is 2. The molecule has 3 heterocycles. The summed E-state index contributed by atoms with van der Waals surface area (Å²) in [7, 11) is 0. The first-order valence-corrected chi connectivity index (χ1v) is 14.3. The molecule has 1 fully saturated rings. The monoisotopic (exact) mass is 601 g/mol. The second kappa shape index (κ2) is 14.1. The molecule has 1 saturated heterocycles. The molecule has 0 aliphatic carbocycles. The summed E-state index contributed by atoms with van der Waals surface area (Å²) in [6.07, 6.45) is 5.41. The van der Waals surface area contributed by atoms with Crippen molar-refractivity contribution in [1.29, 1.82) is 0 Å². The lowest BCUT2D eigenvalue weighted by Crippen LogP contribution is -2.45. The molecule has 0 unspecified atom stereocenters. The smallest absolute Gasteiger partial charge is 0.307 e. The largest absolute Gasteiger partial charge is 0.481 e. The summed E-state index contributed by atoms with van der Waals surface area (Å²) in [5, 5.41) is 22.9. The van der Waals surface area contributed by atoms with E-state index in [-0.39, 0.29) is 12.0 Å². The summed E-state index contributed by atoms with van der Waals surface area (Å²) in [6, 6.07) is 10.1. The molecular formula is C31H44BrN3O4. The van der Waals surface area contributed by atoms with Crippen molar-refractivity contribution in [3.05, 3.63) is 64.8 Å². The molecule has 8 heteroatoms. The van der Waals surface area contributed by atoms with E-state index in [1.807, 2.05) is 55.7 Å². The normalized spacial score (nSPS) is 14.6. The van der Waals surface area contributed by atoms with Crippen LogP contribution in [0.5, 0.6) is 0 Å². The van der Waals surface area contributed by atoms with Gasteiger partial charge in [-0.1, -0.05) is 48.0 Å². The lowest BCUT2D eigenvalue weighted by atomic mass is 9.92. The molecule has 0 amide bonds. The van der Waals surface area contributed by atoms with Crippen molar-refractivity contribution in [2.24, 2.45) is 0 Å². The molecule has 39 heavy (non-hydrogen) atoms.